The van der Waals surface area contributed by atoms with E-state index < -0.39 is 20.0 Å². The summed E-state index contributed by atoms with van der Waals surface area (Å²) < 4.78 is 23.4. The number of aliphatic hydroxyl groups excluding tert-OH is 1. The molecule has 1 amide bonds. The smallest absolute Gasteiger partial charge is 0.268 e. The van der Waals surface area contributed by atoms with Crippen LogP contribution in [-0.2, 0) is 18.4 Å². The highest BCUT2D eigenvalue weighted by Gasteiger charge is 2.23. The molecule has 0 fully saturated rings. The number of nitrogens with one attached hydrogen (secondary N) is 1. The van der Waals surface area contributed by atoms with Gasteiger partial charge >= 0.3 is 0 Å². The molecule has 0 aliphatic heterocycles. The van der Waals surface area contributed by atoms with Crippen LogP contribution in [0.1, 0.15) is 309 Å². The maximum atomic E-state index is 13.0. The minimum absolute atomic E-state index is 0.000203. The lowest BCUT2D eigenvalue weighted by Gasteiger charge is -2.29. The molecule has 8 nitrogen and oxygen atoms in total. The Morgan fingerprint density at radius 3 is 1.11 bits per heavy atom. The lowest BCUT2D eigenvalue weighted by atomic mass is 10.0. The first kappa shape index (κ1) is 69.0. The van der Waals surface area contributed by atoms with E-state index in [1.54, 1.807) is 6.08 Å². The van der Waals surface area contributed by atoms with Crippen LogP contribution in [0.4, 0.5) is 0 Å². The maximum absolute atomic E-state index is 13.0. The molecule has 9 heteroatoms. The van der Waals surface area contributed by atoms with Gasteiger partial charge in [-0.2, -0.15) is 0 Å². The van der Waals surface area contributed by atoms with E-state index in [1.165, 1.54) is 250 Å². The lowest BCUT2D eigenvalue weighted by molar-refractivity contribution is -0.870. The SMILES string of the molecule is CCCCCCCCCCCCCC/C=C\CCCCCCCCCCC(=O)NC(COP(=O)([O-])OCC[N+](C)(C)C)C(O)/C=C/CCCCCCCCCCCCCCCCCCCCCCCC. The number of phosphoric acid groups is 1. The Kier molecular flexibility index (Phi) is 52.1. The molecule has 3 atom stereocenters. The van der Waals surface area contributed by atoms with Crippen molar-refractivity contribution in [1.29, 1.82) is 0 Å². The summed E-state index contributed by atoms with van der Waals surface area (Å²) in [6, 6.07) is -0.887. The second-order valence-corrected chi connectivity index (χ2v) is 23.8. The lowest BCUT2D eigenvalue weighted by Crippen LogP contribution is -2.45. The van der Waals surface area contributed by atoms with Gasteiger partial charge in [-0.15, -0.1) is 0 Å². The van der Waals surface area contributed by atoms with E-state index in [4.69, 9.17) is 9.05 Å². The van der Waals surface area contributed by atoms with Gasteiger partial charge in [0.1, 0.15) is 13.2 Å². The molecule has 3 unspecified atom stereocenters. The number of hydrogen-bond donors (Lipinski definition) is 2. The fourth-order valence-electron chi connectivity index (χ4n) is 9.33. The highest BCUT2D eigenvalue weighted by atomic mass is 31.2. The molecule has 0 heterocycles. The summed E-state index contributed by atoms with van der Waals surface area (Å²) in [6.07, 6.45) is 66.9. The predicted octanol–water partition coefficient (Wildman–Crippen LogP) is 18.1. The number of allylic oxidation sites excluding steroid dienone is 3. The summed E-state index contributed by atoms with van der Waals surface area (Å²) in [5.41, 5.74) is 0. The van der Waals surface area contributed by atoms with Crippen LogP contribution in [0.25, 0.3) is 0 Å². The molecular weight excluding hydrogens is 888 g/mol. The highest BCUT2D eigenvalue weighted by molar-refractivity contribution is 7.45. The molecular formula is C61H121N2O6P. The number of phosphoric ester groups is 1. The average Bonchev–Trinajstić information content (AvgIpc) is 3.32. The van der Waals surface area contributed by atoms with Crippen LogP contribution in [0.3, 0.4) is 0 Å². The Morgan fingerprint density at radius 1 is 0.486 bits per heavy atom. The van der Waals surface area contributed by atoms with E-state index in [1.807, 2.05) is 27.2 Å². The molecule has 0 aromatic carbocycles. The molecule has 0 radical (unpaired) electrons. The minimum Gasteiger partial charge on any atom is -0.756 e. The van der Waals surface area contributed by atoms with Gasteiger partial charge < -0.3 is 28.8 Å². The van der Waals surface area contributed by atoms with Crippen molar-refractivity contribution >= 4 is 13.7 Å². The number of rotatable bonds is 57. The van der Waals surface area contributed by atoms with Gasteiger partial charge in [0.2, 0.25) is 5.91 Å². The average molecular weight is 1010 g/mol. The summed E-state index contributed by atoms with van der Waals surface area (Å²) in [7, 11) is 1.27. The number of hydrogen-bond acceptors (Lipinski definition) is 6. The topological polar surface area (TPSA) is 108 Å². The van der Waals surface area contributed by atoms with Crippen LogP contribution < -0.4 is 10.2 Å². The zero-order chi connectivity index (χ0) is 51.3. The molecule has 0 spiro atoms. The van der Waals surface area contributed by atoms with Gasteiger partial charge in [-0.25, -0.2) is 0 Å². The first-order valence-electron chi connectivity index (χ1n) is 30.7. The van der Waals surface area contributed by atoms with Crippen molar-refractivity contribution in [2.75, 3.05) is 40.9 Å². The number of aliphatic hydroxyl groups is 1. The third kappa shape index (κ3) is 54.7. The van der Waals surface area contributed by atoms with Gasteiger partial charge in [-0.3, -0.25) is 9.36 Å². The second-order valence-electron chi connectivity index (χ2n) is 22.4. The summed E-state index contributed by atoms with van der Waals surface area (Å²) in [4.78, 5) is 25.5. The van der Waals surface area contributed by atoms with Gasteiger partial charge in [-0.1, -0.05) is 282 Å². The first-order chi connectivity index (χ1) is 34.0. The maximum Gasteiger partial charge on any atom is 0.268 e. The Hall–Kier alpha value is -1.02. The number of unbranched alkanes of at least 4 members (excludes halogenated alkanes) is 42. The van der Waals surface area contributed by atoms with Crippen LogP contribution in [-0.4, -0.2) is 68.5 Å². The number of carbonyl (C=O) groups is 1. The fourth-order valence-corrected chi connectivity index (χ4v) is 10.1. The van der Waals surface area contributed by atoms with E-state index >= 15 is 0 Å². The van der Waals surface area contributed by atoms with E-state index in [0.717, 1.165) is 38.5 Å². The molecule has 0 saturated carbocycles. The number of nitrogens with zero attached hydrogens (tertiary/aromatic N) is 1. The molecule has 0 saturated heterocycles. The van der Waals surface area contributed by atoms with Crippen LogP contribution >= 0.6 is 7.82 Å². The number of quaternary nitrogens is 1. The molecule has 416 valence electrons. The first-order valence-corrected chi connectivity index (χ1v) is 32.2. The van der Waals surface area contributed by atoms with E-state index in [9.17, 15) is 19.4 Å². The van der Waals surface area contributed by atoms with Gasteiger partial charge in [0.15, 0.2) is 0 Å². The van der Waals surface area contributed by atoms with Crippen LogP contribution in [0.5, 0.6) is 0 Å². The van der Waals surface area contributed by atoms with E-state index in [0.29, 0.717) is 17.4 Å². The van der Waals surface area contributed by atoms with Gasteiger partial charge in [0.25, 0.3) is 7.82 Å². The molecule has 2 N–H and O–H groups in total. The normalized spacial score (nSPS) is 14.0. The highest BCUT2D eigenvalue weighted by Crippen LogP contribution is 2.38. The molecule has 0 aromatic rings. The molecule has 0 aliphatic rings. The Bertz CT molecular complexity index is 1190. The van der Waals surface area contributed by atoms with Crippen molar-refractivity contribution in [2.24, 2.45) is 0 Å². The Balaban J connectivity index is 4.17. The second kappa shape index (κ2) is 52.8. The fraction of sp³-hybridized carbons (Fsp3) is 0.918. The van der Waals surface area contributed by atoms with E-state index in [-0.39, 0.29) is 19.1 Å². The summed E-state index contributed by atoms with van der Waals surface area (Å²) in [6.45, 7) is 4.70. The monoisotopic (exact) mass is 1010 g/mol. The molecule has 0 bridgehead atoms. The molecule has 0 rings (SSSR count). The van der Waals surface area contributed by atoms with E-state index in [2.05, 4.69) is 31.3 Å². The molecule has 0 aliphatic carbocycles. The Morgan fingerprint density at radius 2 is 0.786 bits per heavy atom. The predicted molar refractivity (Wildman–Crippen MR) is 302 cm³/mol. The molecule has 0 aromatic heterocycles. The summed E-state index contributed by atoms with van der Waals surface area (Å²) >= 11 is 0. The summed E-state index contributed by atoms with van der Waals surface area (Å²) in [5, 5.41) is 13.9. The van der Waals surface area contributed by atoms with Gasteiger partial charge in [0.05, 0.1) is 39.9 Å². The zero-order valence-corrected chi connectivity index (χ0v) is 48.4. The zero-order valence-electron chi connectivity index (χ0n) is 47.5. The minimum atomic E-state index is -4.60. The Labute approximate surface area is 436 Å². The number of carbonyl (C=O) groups excluding carboxylic acids is 1. The molecule has 70 heavy (non-hydrogen) atoms. The summed E-state index contributed by atoms with van der Waals surface area (Å²) in [5.74, 6) is -0.195. The van der Waals surface area contributed by atoms with Crippen molar-refractivity contribution in [3.05, 3.63) is 24.3 Å². The largest absolute Gasteiger partial charge is 0.756 e. The van der Waals surface area contributed by atoms with Crippen molar-refractivity contribution in [3.63, 3.8) is 0 Å². The van der Waals surface area contributed by atoms with Crippen LogP contribution in [0.15, 0.2) is 24.3 Å². The third-order valence-electron chi connectivity index (χ3n) is 14.2. The number of likely N-dealkylation sites (N-methyl/N-ethyl adjacent to an activating group) is 1. The van der Waals surface area contributed by atoms with Crippen LogP contribution in [0.2, 0.25) is 0 Å². The van der Waals surface area contributed by atoms with Crippen molar-refractivity contribution in [3.8, 4) is 0 Å². The van der Waals surface area contributed by atoms with Gasteiger partial charge in [0, 0.05) is 6.42 Å². The quantitative estimate of drug-likeness (QED) is 0.0272. The van der Waals surface area contributed by atoms with Crippen molar-refractivity contribution in [1.82, 2.24) is 5.32 Å². The number of amides is 1. The van der Waals surface area contributed by atoms with Crippen molar-refractivity contribution < 1.29 is 32.9 Å². The standard InChI is InChI=1S/C61H121N2O6P/c1-6-8-10-12-14-16-18-20-22-24-26-28-30-32-34-36-38-40-42-44-46-48-50-52-54-60(64)59(58-69-70(66,67)68-57-56-63(3,4)5)62-61(65)55-53-51-49-47-45-43-41-39-37-35-33-31-29-27-25-23-21-19-17-15-13-11-9-7-2/h33,35,52,54,59-60,64H,6-32,34,36-51,53,55-58H2,1-5H3,(H-,62,65,66,67)/b35-33-,54-52+. The third-order valence-corrected chi connectivity index (χ3v) is 15.1. The van der Waals surface area contributed by atoms with Crippen LogP contribution in [0, 0.1) is 0 Å². The van der Waals surface area contributed by atoms with Gasteiger partial charge in [-0.05, 0) is 44.9 Å². The van der Waals surface area contributed by atoms with Crippen molar-refractivity contribution in [2.45, 2.75) is 321 Å².